The molecule has 0 atom stereocenters. The number of rotatable bonds is 6. The third-order valence-electron chi connectivity index (χ3n) is 5.35. The molecule has 1 aliphatic rings. The van der Waals surface area contributed by atoms with E-state index in [-0.39, 0.29) is 16.7 Å². The van der Waals surface area contributed by atoms with Gasteiger partial charge < -0.3 is 10.1 Å². The number of methoxy groups -OCH3 is 1. The second kappa shape index (κ2) is 9.15. The van der Waals surface area contributed by atoms with E-state index in [1.54, 1.807) is 31.0 Å². The van der Waals surface area contributed by atoms with Gasteiger partial charge in [-0.3, -0.25) is 4.79 Å². The number of hydrogen-bond acceptors (Lipinski definition) is 7. The van der Waals surface area contributed by atoms with Gasteiger partial charge in [0.05, 0.1) is 16.7 Å². The number of carbonyl (C=O) groups is 1. The van der Waals surface area contributed by atoms with E-state index >= 15 is 0 Å². The van der Waals surface area contributed by atoms with E-state index < -0.39 is 10.0 Å². The van der Waals surface area contributed by atoms with Crippen LogP contribution in [0.1, 0.15) is 12.8 Å². The molecule has 164 valence electrons. The monoisotopic (exact) mass is 477 g/mol. The molecule has 7 nitrogen and oxygen atoms in total. The van der Waals surface area contributed by atoms with Gasteiger partial charge in [0.1, 0.15) is 11.3 Å². The summed E-state index contributed by atoms with van der Waals surface area (Å²) in [5, 5.41) is 3.41. The second-order valence-electron chi connectivity index (χ2n) is 7.17. The van der Waals surface area contributed by atoms with Crippen molar-refractivity contribution < 1.29 is 17.9 Å². The molecule has 31 heavy (non-hydrogen) atoms. The van der Waals surface area contributed by atoms with Crippen molar-refractivity contribution in [3.05, 3.63) is 42.5 Å². The number of anilines is 1. The zero-order valence-corrected chi connectivity index (χ0v) is 19.6. The van der Waals surface area contributed by atoms with Crippen LogP contribution in [0.25, 0.3) is 10.2 Å². The van der Waals surface area contributed by atoms with Crippen LogP contribution in [-0.4, -0.2) is 50.1 Å². The highest BCUT2D eigenvalue weighted by atomic mass is 32.2. The molecule has 1 aliphatic heterocycles. The molecule has 0 bridgehead atoms. The molecular formula is C21H23N3O4S3. The van der Waals surface area contributed by atoms with Crippen LogP contribution in [0.5, 0.6) is 5.75 Å². The molecule has 0 spiro atoms. The Balaban J connectivity index is 1.39. The second-order valence-corrected chi connectivity index (χ2v) is 11.0. The Hall–Kier alpha value is -2.14. The smallest absolute Gasteiger partial charge is 0.243 e. The fourth-order valence-electron chi connectivity index (χ4n) is 3.60. The van der Waals surface area contributed by atoms with Crippen molar-refractivity contribution in [2.24, 2.45) is 5.92 Å². The number of thioether (sulfide) groups is 1. The van der Waals surface area contributed by atoms with Crippen LogP contribution in [0.3, 0.4) is 0 Å². The van der Waals surface area contributed by atoms with Gasteiger partial charge in [-0.05, 0) is 55.5 Å². The molecule has 0 unspecified atom stereocenters. The number of benzene rings is 2. The summed E-state index contributed by atoms with van der Waals surface area (Å²) in [5.41, 5.74) is 0.721. The molecule has 0 aliphatic carbocycles. The number of para-hydroxylation sites is 1. The first-order valence-corrected chi connectivity index (χ1v) is 13.3. The number of amides is 1. The number of hydrogen-bond donors (Lipinski definition) is 1. The van der Waals surface area contributed by atoms with Gasteiger partial charge in [0.25, 0.3) is 0 Å². The lowest BCUT2D eigenvalue weighted by Gasteiger charge is -2.30. The van der Waals surface area contributed by atoms with Crippen molar-refractivity contribution in [2.45, 2.75) is 22.6 Å². The number of thiazole rings is 1. The van der Waals surface area contributed by atoms with Crippen LogP contribution in [-0.2, 0) is 14.8 Å². The summed E-state index contributed by atoms with van der Waals surface area (Å²) >= 11 is 2.96. The molecule has 1 N–H and O–H groups in total. The highest BCUT2D eigenvalue weighted by Gasteiger charge is 2.32. The highest BCUT2D eigenvalue weighted by Crippen LogP contribution is 2.33. The molecule has 10 heteroatoms. The first-order valence-electron chi connectivity index (χ1n) is 9.81. The van der Waals surface area contributed by atoms with Crippen molar-refractivity contribution in [3.63, 3.8) is 0 Å². The van der Waals surface area contributed by atoms with Crippen LogP contribution < -0.4 is 10.1 Å². The molecule has 2 aromatic carbocycles. The number of sulfonamides is 1. The molecule has 2 heterocycles. The normalized spacial score (nSPS) is 15.8. The van der Waals surface area contributed by atoms with E-state index in [4.69, 9.17) is 4.74 Å². The quantitative estimate of drug-likeness (QED) is 0.539. The van der Waals surface area contributed by atoms with Crippen molar-refractivity contribution in [3.8, 4) is 5.75 Å². The number of carbonyl (C=O) groups excluding carboxylic acids is 1. The standard InChI is InChI=1S/C21H23N3O4S3/c1-28-17-4-3-5-18-19(17)22-21(30-18)23-20(25)14-10-12-24(13-11-14)31(26,27)16-8-6-15(29-2)7-9-16/h3-9,14H,10-13H2,1-2H3,(H,22,23,25). The molecule has 1 saturated heterocycles. The number of nitrogens with one attached hydrogen (secondary N) is 1. The summed E-state index contributed by atoms with van der Waals surface area (Å²) in [6.45, 7) is 0.636. The fourth-order valence-corrected chi connectivity index (χ4v) is 6.37. The van der Waals surface area contributed by atoms with Gasteiger partial charge in [-0.25, -0.2) is 13.4 Å². The fraction of sp³-hybridized carbons (Fsp3) is 0.333. The van der Waals surface area contributed by atoms with Gasteiger partial charge in [-0.2, -0.15) is 4.31 Å². The van der Waals surface area contributed by atoms with Gasteiger partial charge in [0, 0.05) is 23.9 Å². The number of aromatic nitrogens is 1. The SMILES string of the molecule is COc1cccc2sc(NC(=O)C3CCN(S(=O)(=O)c4ccc(SC)cc4)CC3)nc12. The van der Waals surface area contributed by atoms with Crippen molar-refractivity contribution in [1.82, 2.24) is 9.29 Å². The predicted molar refractivity (Wildman–Crippen MR) is 125 cm³/mol. The zero-order valence-electron chi connectivity index (χ0n) is 17.2. The van der Waals surface area contributed by atoms with Gasteiger partial charge in [-0.1, -0.05) is 17.4 Å². The van der Waals surface area contributed by atoms with E-state index in [9.17, 15) is 13.2 Å². The summed E-state index contributed by atoms with van der Waals surface area (Å²) < 4.78 is 33.5. The van der Waals surface area contributed by atoms with Gasteiger partial charge in [0.15, 0.2) is 5.13 Å². The minimum Gasteiger partial charge on any atom is -0.494 e. The van der Waals surface area contributed by atoms with E-state index in [0.717, 1.165) is 15.1 Å². The summed E-state index contributed by atoms with van der Waals surface area (Å²) in [6.07, 6.45) is 2.90. The minimum atomic E-state index is -3.55. The number of ether oxygens (including phenoxy) is 1. The van der Waals surface area contributed by atoms with Gasteiger partial charge in [0.2, 0.25) is 15.9 Å². The van der Waals surface area contributed by atoms with Crippen LogP contribution >= 0.6 is 23.1 Å². The highest BCUT2D eigenvalue weighted by molar-refractivity contribution is 7.98. The van der Waals surface area contributed by atoms with Crippen LogP contribution in [0.15, 0.2) is 52.3 Å². The summed E-state index contributed by atoms with van der Waals surface area (Å²) in [7, 11) is -1.96. The average Bonchev–Trinajstić information content (AvgIpc) is 3.21. The lowest BCUT2D eigenvalue weighted by molar-refractivity contribution is -0.120. The van der Waals surface area contributed by atoms with Gasteiger partial charge >= 0.3 is 0 Å². The van der Waals surface area contributed by atoms with E-state index in [0.29, 0.717) is 36.8 Å². The van der Waals surface area contributed by atoms with E-state index in [2.05, 4.69) is 10.3 Å². The Morgan fingerprint density at radius 2 is 1.90 bits per heavy atom. The predicted octanol–water partition coefficient (Wildman–Crippen LogP) is 4.07. The lowest BCUT2D eigenvalue weighted by Crippen LogP contribution is -2.41. The first kappa shape index (κ1) is 22.1. The third kappa shape index (κ3) is 4.57. The summed E-state index contributed by atoms with van der Waals surface area (Å²) in [4.78, 5) is 18.5. The molecule has 0 radical (unpaired) electrons. The van der Waals surface area contributed by atoms with Crippen molar-refractivity contribution >= 4 is 54.4 Å². The third-order valence-corrected chi connectivity index (χ3v) is 8.95. The molecule has 1 fully saturated rings. The van der Waals surface area contributed by atoms with Gasteiger partial charge in [-0.15, -0.1) is 11.8 Å². The van der Waals surface area contributed by atoms with Crippen LogP contribution in [0, 0.1) is 5.92 Å². The first-order chi connectivity index (χ1) is 14.9. The Morgan fingerprint density at radius 1 is 1.19 bits per heavy atom. The topological polar surface area (TPSA) is 88.6 Å². The number of fused-ring (bicyclic) bond motifs is 1. The molecule has 4 rings (SSSR count). The van der Waals surface area contributed by atoms with Crippen molar-refractivity contribution in [1.29, 1.82) is 0 Å². The number of piperidine rings is 1. The Kier molecular flexibility index (Phi) is 6.52. The maximum Gasteiger partial charge on any atom is 0.243 e. The molecular weight excluding hydrogens is 454 g/mol. The largest absolute Gasteiger partial charge is 0.494 e. The molecule has 0 saturated carbocycles. The molecule has 3 aromatic rings. The summed E-state index contributed by atoms with van der Waals surface area (Å²) in [5.74, 6) is 0.289. The maximum atomic E-state index is 12.9. The molecule has 1 aromatic heterocycles. The maximum absolute atomic E-state index is 12.9. The van der Waals surface area contributed by atoms with E-state index in [1.165, 1.54) is 15.6 Å². The number of nitrogens with zero attached hydrogens (tertiary/aromatic N) is 2. The minimum absolute atomic E-state index is 0.126. The van der Waals surface area contributed by atoms with Crippen LogP contribution in [0.4, 0.5) is 5.13 Å². The Morgan fingerprint density at radius 3 is 2.55 bits per heavy atom. The Labute approximate surface area is 189 Å². The Bertz CT molecular complexity index is 1180. The zero-order chi connectivity index (χ0) is 22.0. The van der Waals surface area contributed by atoms with E-state index in [1.807, 2.05) is 36.6 Å². The molecule has 1 amide bonds. The lowest BCUT2D eigenvalue weighted by atomic mass is 9.97. The average molecular weight is 478 g/mol. The van der Waals surface area contributed by atoms with Crippen molar-refractivity contribution in [2.75, 3.05) is 31.8 Å². The summed E-state index contributed by atoms with van der Waals surface area (Å²) in [6, 6.07) is 12.5. The van der Waals surface area contributed by atoms with Crippen LogP contribution in [0.2, 0.25) is 0 Å².